The normalized spacial score (nSPS) is 12.5. The van der Waals surface area contributed by atoms with E-state index in [0.717, 1.165) is 27.6 Å². The summed E-state index contributed by atoms with van der Waals surface area (Å²) in [4.78, 5) is 0. The average Bonchev–Trinajstić information content (AvgIpc) is 3.11. The van der Waals surface area contributed by atoms with Crippen LogP contribution in [0.1, 0.15) is 36.5 Å². The number of rotatable bonds is 3. The molecular formula is C30H33FNOSi+. The molecule has 5 rings (SSSR count). The molecule has 2 heterocycles. The molecule has 34 heavy (non-hydrogen) atoms. The van der Waals surface area contributed by atoms with Crippen LogP contribution in [0.25, 0.3) is 44.1 Å². The van der Waals surface area contributed by atoms with Crippen LogP contribution in [0.3, 0.4) is 0 Å². The molecule has 0 aliphatic rings. The van der Waals surface area contributed by atoms with Crippen molar-refractivity contribution in [2.75, 3.05) is 0 Å². The Labute approximate surface area is 202 Å². The lowest BCUT2D eigenvalue weighted by Crippen LogP contribution is -2.43. The predicted octanol–water partition coefficient (Wildman–Crippen LogP) is 7.66. The lowest BCUT2D eigenvalue weighted by molar-refractivity contribution is -0.633. The van der Waals surface area contributed by atoms with Gasteiger partial charge in [0, 0.05) is 34.4 Å². The lowest BCUT2D eigenvalue weighted by atomic mass is 9.95. The molecule has 0 aliphatic heterocycles. The second kappa shape index (κ2) is 7.77. The van der Waals surface area contributed by atoms with E-state index in [1.165, 1.54) is 44.9 Å². The van der Waals surface area contributed by atoms with Crippen LogP contribution in [0.4, 0.5) is 4.39 Å². The maximum atomic E-state index is 14.0. The summed E-state index contributed by atoms with van der Waals surface area (Å²) < 4.78 is 22.7. The maximum absolute atomic E-state index is 14.0. The first-order chi connectivity index (χ1) is 16.0. The van der Waals surface area contributed by atoms with E-state index in [1.54, 1.807) is 0 Å². The van der Waals surface area contributed by atoms with Crippen molar-refractivity contribution in [2.24, 2.45) is 7.05 Å². The van der Waals surface area contributed by atoms with E-state index >= 15 is 0 Å². The quantitative estimate of drug-likeness (QED) is 0.195. The number of furan rings is 1. The molecule has 174 valence electrons. The van der Waals surface area contributed by atoms with Crippen LogP contribution in [0.2, 0.25) is 19.6 Å². The zero-order valence-corrected chi connectivity index (χ0v) is 22.4. The number of nitrogens with zero attached hydrogens (tertiary/aromatic N) is 1. The summed E-state index contributed by atoms with van der Waals surface area (Å²) in [5.74, 6) is 0.182. The highest BCUT2D eigenvalue weighted by molar-refractivity contribution is 6.90. The molecule has 0 saturated heterocycles. The molecule has 0 bridgehead atoms. The highest BCUT2D eigenvalue weighted by Crippen LogP contribution is 2.39. The SMILES string of the molecule is Cc1cc2c(oc3cc(F)ccc32)c(-c2cc([Si](C)(C)C)c3ccc(C(C)C)cc3[n+]2C)c1C. The largest absolute Gasteiger partial charge is 0.455 e. The molecule has 0 radical (unpaired) electrons. The van der Waals surface area contributed by atoms with Crippen molar-refractivity contribution in [3.05, 3.63) is 71.0 Å². The van der Waals surface area contributed by atoms with Gasteiger partial charge in [-0.3, -0.25) is 0 Å². The zero-order chi connectivity index (χ0) is 24.5. The summed E-state index contributed by atoms with van der Waals surface area (Å²) >= 11 is 0. The van der Waals surface area contributed by atoms with Crippen molar-refractivity contribution in [2.45, 2.75) is 53.3 Å². The lowest BCUT2D eigenvalue weighted by Gasteiger charge is -2.21. The summed E-state index contributed by atoms with van der Waals surface area (Å²) in [6.45, 7) is 16.0. The van der Waals surface area contributed by atoms with Gasteiger partial charge in [-0.2, -0.15) is 4.57 Å². The first-order valence-corrected chi connectivity index (χ1v) is 15.6. The number of fused-ring (bicyclic) bond motifs is 4. The topological polar surface area (TPSA) is 17.0 Å². The highest BCUT2D eigenvalue weighted by Gasteiger charge is 2.29. The number of halogens is 1. The van der Waals surface area contributed by atoms with Gasteiger partial charge in [-0.15, -0.1) is 0 Å². The first-order valence-electron chi connectivity index (χ1n) is 12.1. The molecule has 0 fully saturated rings. The van der Waals surface area contributed by atoms with Crippen LogP contribution in [-0.4, -0.2) is 8.07 Å². The van der Waals surface area contributed by atoms with Gasteiger partial charge in [0.25, 0.3) is 0 Å². The first kappa shape index (κ1) is 22.8. The van der Waals surface area contributed by atoms with Crippen molar-refractivity contribution in [3.63, 3.8) is 0 Å². The molecule has 5 aromatic rings. The van der Waals surface area contributed by atoms with Crippen LogP contribution in [0, 0.1) is 19.7 Å². The number of hydrogen-bond donors (Lipinski definition) is 0. The van der Waals surface area contributed by atoms with Crippen molar-refractivity contribution in [1.29, 1.82) is 0 Å². The van der Waals surface area contributed by atoms with E-state index in [2.05, 4.69) is 89.3 Å². The Balaban J connectivity index is 1.96. The Morgan fingerprint density at radius 1 is 0.882 bits per heavy atom. The van der Waals surface area contributed by atoms with Gasteiger partial charge in [0.1, 0.15) is 24.0 Å². The molecule has 0 N–H and O–H groups in total. The van der Waals surface area contributed by atoms with Crippen molar-refractivity contribution in [1.82, 2.24) is 0 Å². The zero-order valence-electron chi connectivity index (χ0n) is 21.4. The van der Waals surface area contributed by atoms with Crippen molar-refractivity contribution < 1.29 is 13.4 Å². The minimum Gasteiger partial charge on any atom is -0.455 e. The fourth-order valence-electron chi connectivity index (χ4n) is 5.13. The van der Waals surface area contributed by atoms with E-state index in [1.807, 2.05) is 6.07 Å². The predicted molar refractivity (Wildman–Crippen MR) is 144 cm³/mol. The van der Waals surface area contributed by atoms with Gasteiger partial charge in [0.2, 0.25) is 11.2 Å². The third-order valence-electron chi connectivity index (χ3n) is 7.29. The Morgan fingerprint density at radius 3 is 2.26 bits per heavy atom. The van der Waals surface area contributed by atoms with Gasteiger partial charge in [0.05, 0.1) is 13.6 Å². The second-order valence-corrected chi connectivity index (χ2v) is 16.0. The summed E-state index contributed by atoms with van der Waals surface area (Å²) in [5.41, 5.74) is 8.67. The Morgan fingerprint density at radius 2 is 1.59 bits per heavy atom. The van der Waals surface area contributed by atoms with Gasteiger partial charge in [0.15, 0.2) is 0 Å². The molecule has 0 amide bonds. The number of aromatic nitrogens is 1. The summed E-state index contributed by atoms with van der Waals surface area (Å²) in [5, 5.41) is 4.78. The highest BCUT2D eigenvalue weighted by atomic mass is 28.3. The number of benzene rings is 3. The van der Waals surface area contributed by atoms with E-state index in [0.29, 0.717) is 11.5 Å². The van der Waals surface area contributed by atoms with Crippen LogP contribution in [-0.2, 0) is 7.05 Å². The summed E-state index contributed by atoms with van der Waals surface area (Å²) in [6, 6.07) is 16.3. The van der Waals surface area contributed by atoms with Gasteiger partial charge in [-0.1, -0.05) is 39.6 Å². The second-order valence-electron chi connectivity index (χ2n) is 11.0. The molecular weight excluding hydrogens is 437 g/mol. The van der Waals surface area contributed by atoms with Crippen LogP contribution >= 0.6 is 0 Å². The average molecular weight is 471 g/mol. The maximum Gasteiger partial charge on any atom is 0.216 e. The van der Waals surface area contributed by atoms with Crippen LogP contribution in [0.5, 0.6) is 0 Å². The van der Waals surface area contributed by atoms with E-state index in [-0.39, 0.29) is 5.82 Å². The van der Waals surface area contributed by atoms with Gasteiger partial charge < -0.3 is 4.42 Å². The van der Waals surface area contributed by atoms with Gasteiger partial charge in [-0.25, -0.2) is 4.39 Å². The minimum atomic E-state index is -1.66. The fraction of sp³-hybridized carbons (Fsp3) is 0.300. The summed E-state index contributed by atoms with van der Waals surface area (Å²) in [7, 11) is 0.498. The standard InChI is InChI=1S/C30H33FNOSi/c1-17(2)20-9-11-23-25(14-20)32(5)26(16-28(23)34(6,7)8)29-19(4)18(3)13-24-22-12-10-21(31)15-27(22)33-30(24)29/h9-17H,1-8H3/q+1. The summed E-state index contributed by atoms with van der Waals surface area (Å²) in [6.07, 6.45) is 0. The van der Waals surface area contributed by atoms with Crippen molar-refractivity contribution >= 4 is 46.1 Å². The Kier molecular flexibility index (Phi) is 5.21. The van der Waals surface area contributed by atoms with E-state index in [9.17, 15) is 4.39 Å². The molecule has 0 saturated carbocycles. The molecule has 0 spiro atoms. The minimum absolute atomic E-state index is 0.278. The van der Waals surface area contributed by atoms with Crippen molar-refractivity contribution in [3.8, 4) is 11.3 Å². The molecule has 3 aromatic carbocycles. The van der Waals surface area contributed by atoms with Gasteiger partial charge in [-0.05, 0) is 65.9 Å². The molecule has 0 atom stereocenters. The Hall–Kier alpha value is -2.98. The number of hydrogen-bond acceptors (Lipinski definition) is 1. The molecule has 2 nitrogen and oxygen atoms in total. The smallest absolute Gasteiger partial charge is 0.216 e. The molecule has 2 aromatic heterocycles. The number of aryl methyl sites for hydroxylation is 2. The third kappa shape index (κ3) is 3.47. The molecule has 0 unspecified atom stereocenters. The van der Waals surface area contributed by atoms with Crippen LogP contribution in [0.15, 0.2) is 52.9 Å². The van der Waals surface area contributed by atoms with Gasteiger partial charge >= 0.3 is 0 Å². The Bertz CT molecular complexity index is 1600. The van der Waals surface area contributed by atoms with Crippen LogP contribution < -0.4 is 9.75 Å². The van der Waals surface area contributed by atoms with E-state index in [4.69, 9.17) is 4.42 Å². The fourth-order valence-corrected chi connectivity index (χ4v) is 6.72. The number of pyridine rings is 1. The monoisotopic (exact) mass is 470 g/mol. The molecule has 4 heteroatoms. The third-order valence-corrected chi connectivity index (χ3v) is 9.32. The molecule has 0 aliphatic carbocycles. The van der Waals surface area contributed by atoms with E-state index < -0.39 is 8.07 Å².